The van der Waals surface area contributed by atoms with Crippen LogP contribution in [0.25, 0.3) is 0 Å². The first-order valence-corrected chi connectivity index (χ1v) is 7.17. The lowest BCUT2D eigenvalue weighted by Crippen LogP contribution is -1.98. The highest BCUT2D eigenvalue weighted by molar-refractivity contribution is 7.98. The van der Waals surface area contributed by atoms with Gasteiger partial charge in [-0.2, -0.15) is 0 Å². The second kappa shape index (κ2) is 5.37. The molecule has 0 radical (unpaired) electrons. The summed E-state index contributed by atoms with van der Waals surface area (Å²) < 4.78 is 0. The highest BCUT2D eigenvalue weighted by Crippen LogP contribution is 2.18. The van der Waals surface area contributed by atoms with Gasteiger partial charge in [-0.15, -0.1) is 23.1 Å². The van der Waals surface area contributed by atoms with Gasteiger partial charge in [-0.05, 0) is 37.4 Å². The molecule has 1 N–H and O–H groups in total. The summed E-state index contributed by atoms with van der Waals surface area (Å²) >= 11 is 3.46. The number of nitrogens with zero attached hydrogens (tertiary/aromatic N) is 1. The lowest BCUT2D eigenvalue weighted by molar-refractivity contribution is 1.07. The summed E-state index contributed by atoms with van der Waals surface area (Å²) in [6.07, 6.45) is 2.08. The van der Waals surface area contributed by atoms with Crippen LogP contribution < -0.4 is 5.32 Å². The van der Waals surface area contributed by atoms with E-state index in [0.717, 1.165) is 22.9 Å². The van der Waals surface area contributed by atoms with E-state index in [9.17, 15) is 0 Å². The molecule has 0 atom stereocenters. The van der Waals surface area contributed by atoms with Gasteiger partial charge in [0.1, 0.15) is 5.01 Å². The van der Waals surface area contributed by atoms with Crippen molar-refractivity contribution in [1.29, 1.82) is 0 Å². The maximum absolute atomic E-state index is 4.41. The molecule has 0 unspecified atom stereocenters. The van der Waals surface area contributed by atoms with Crippen LogP contribution >= 0.6 is 23.1 Å². The number of hydrogen-bond donors (Lipinski definition) is 1. The summed E-state index contributed by atoms with van der Waals surface area (Å²) in [4.78, 5) is 5.70. The lowest BCUT2D eigenvalue weighted by atomic mass is 10.3. The summed E-state index contributed by atoms with van der Waals surface area (Å²) in [5.74, 6) is 0. The van der Waals surface area contributed by atoms with Crippen molar-refractivity contribution in [2.24, 2.45) is 0 Å². The van der Waals surface area contributed by atoms with Crippen LogP contribution in [-0.4, -0.2) is 11.2 Å². The number of thioether (sulfide) groups is 1. The first kappa shape index (κ1) is 11.5. The van der Waals surface area contributed by atoms with Crippen molar-refractivity contribution in [1.82, 2.24) is 4.98 Å². The molecule has 4 heteroatoms. The number of benzene rings is 1. The van der Waals surface area contributed by atoms with Gasteiger partial charge in [0.25, 0.3) is 0 Å². The topological polar surface area (TPSA) is 24.9 Å². The Kier molecular flexibility index (Phi) is 3.85. The van der Waals surface area contributed by atoms with Gasteiger partial charge < -0.3 is 5.32 Å². The zero-order chi connectivity index (χ0) is 11.4. The van der Waals surface area contributed by atoms with Crippen molar-refractivity contribution in [2.45, 2.75) is 18.4 Å². The van der Waals surface area contributed by atoms with E-state index in [-0.39, 0.29) is 0 Å². The number of nitrogens with one attached hydrogen (secondary N) is 1. The average Bonchev–Trinajstić information content (AvgIpc) is 2.73. The summed E-state index contributed by atoms with van der Waals surface area (Å²) in [5.41, 5.74) is 2.24. The normalized spacial score (nSPS) is 10.4. The average molecular weight is 250 g/mol. The summed E-state index contributed by atoms with van der Waals surface area (Å²) in [6, 6.07) is 8.46. The van der Waals surface area contributed by atoms with Crippen molar-refractivity contribution in [3.63, 3.8) is 0 Å². The number of rotatable bonds is 4. The summed E-state index contributed by atoms with van der Waals surface area (Å²) in [5, 5.41) is 6.57. The van der Waals surface area contributed by atoms with Gasteiger partial charge in [0.05, 0.1) is 6.54 Å². The van der Waals surface area contributed by atoms with Gasteiger partial charge in [0.15, 0.2) is 0 Å². The van der Waals surface area contributed by atoms with Crippen molar-refractivity contribution in [3.05, 3.63) is 40.3 Å². The maximum atomic E-state index is 4.41. The SMILES string of the molecule is CSc1ccc(NCc2nc(C)cs2)cc1. The Labute approximate surface area is 104 Å². The fourth-order valence-corrected chi connectivity index (χ4v) is 2.49. The predicted molar refractivity (Wildman–Crippen MR) is 72.4 cm³/mol. The van der Waals surface area contributed by atoms with Crippen LogP contribution in [-0.2, 0) is 6.54 Å². The maximum Gasteiger partial charge on any atom is 0.112 e. The zero-order valence-electron chi connectivity index (χ0n) is 9.36. The Hall–Kier alpha value is -1.00. The van der Waals surface area contributed by atoms with Crippen LogP contribution in [0.5, 0.6) is 0 Å². The minimum Gasteiger partial charge on any atom is -0.379 e. The zero-order valence-corrected chi connectivity index (χ0v) is 11.0. The fourth-order valence-electron chi connectivity index (χ4n) is 1.37. The van der Waals surface area contributed by atoms with E-state index >= 15 is 0 Å². The minimum atomic E-state index is 0.803. The van der Waals surface area contributed by atoms with Crippen LogP contribution in [0.1, 0.15) is 10.7 Å². The number of hydrogen-bond acceptors (Lipinski definition) is 4. The minimum absolute atomic E-state index is 0.803. The standard InChI is InChI=1S/C12H14N2S2/c1-9-8-16-12(14-9)7-13-10-3-5-11(15-2)6-4-10/h3-6,8,13H,7H2,1-2H3. The molecular formula is C12H14N2S2. The molecule has 0 spiro atoms. The Morgan fingerprint density at radius 3 is 2.62 bits per heavy atom. The first-order chi connectivity index (χ1) is 7.78. The van der Waals surface area contributed by atoms with Crippen molar-refractivity contribution in [3.8, 4) is 0 Å². The molecule has 2 aromatic rings. The third-order valence-electron chi connectivity index (χ3n) is 2.20. The molecule has 0 amide bonds. The predicted octanol–water partition coefficient (Wildman–Crippen LogP) is 3.79. The van der Waals surface area contributed by atoms with E-state index in [1.807, 2.05) is 6.92 Å². The second-order valence-electron chi connectivity index (χ2n) is 3.46. The summed E-state index contributed by atoms with van der Waals surface area (Å²) in [6.45, 7) is 2.82. The highest BCUT2D eigenvalue weighted by Gasteiger charge is 1.98. The van der Waals surface area contributed by atoms with Gasteiger partial charge in [0, 0.05) is 21.7 Å². The molecule has 84 valence electrons. The molecule has 16 heavy (non-hydrogen) atoms. The molecule has 1 aromatic heterocycles. The van der Waals surface area contributed by atoms with E-state index in [0.29, 0.717) is 0 Å². The first-order valence-electron chi connectivity index (χ1n) is 5.07. The Balaban J connectivity index is 1.94. The molecule has 1 heterocycles. The Morgan fingerprint density at radius 2 is 2.06 bits per heavy atom. The Morgan fingerprint density at radius 1 is 1.31 bits per heavy atom. The number of aryl methyl sites for hydroxylation is 1. The molecule has 1 aromatic carbocycles. The molecule has 0 saturated heterocycles. The summed E-state index contributed by atoms with van der Waals surface area (Å²) in [7, 11) is 0. The van der Waals surface area contributed by atoms with Gasteiger partial charge in [-0.1, -0.05) is 0 Å². The van der Waals surface area contributed by atoms with E-state index in [2.05, 4.69) is 46.2 Å². The van der Waals surface area contributed by atoms with Gasteiger partial charge in [0.2, 0.25) is 0 Å². The van der Waals surface area contributed by atoms with Gasteiger partial charge in [-0.3, -0.25) is 0 Å². The highest BCUT2D eigenvalue weighted by atomic mass is 32.2. The smallest absolute Gasteiger partial charge is 0.112 e. The molecule has 0 aliphatic carbocycles. The monoisotopic (exact) mass is 250 g/mol. The van der Waals surface area contributed by atoms with Crippen LogP contribution in [0.15, 0.2) is 34.5 Å². The quantitative estimate of drug-likeness (QED) is 0.836. The second-order valence-corrected chi connectivity index (χ2v) is 5.29. The van der Waals surface area contributed by atoms with Gasteiger partial charge >= 0.3 is 0 Å². The fraction of sp³-hybridized carbons (Fsp3) is 0.250. The van der Waals surface area contributed by atoms with Crippen LogP contribution in [0.2, 0.25) is 0 Å². The van der Waals surface area contributed by atoms with Crippen molar-refractivity contribution < 1.29 is 0 Å². The van der Waals surface area contributed by atoms with Crippen LogP contribution in [0.3, 0.4) is 0 Å². The molecule has 0 aliphatic heterocycles. The molecule has 0 saturated carbocycles. The van der Waals surface area contributed by atoms with Crippen molar-refractivity contribution in [2.75, 3.05) is 11.6 Å². The molecule has 0 bridgehead atoms. The van der Waals surface area contributed by atoms with E-state index in [1.165, 1.54) is 4.90 Å². The third kappa shape index (κ3) is 3.00. The molecule has 0 aliphatic rings. The van der Waals surface area contributed by atoms with Crippen LogP contribution in [0.4, 0.5) is 5.69 Å². The molecule has 2 rings (SSSR count). The van der Waals surface area contributed by atoms with E-state index in [1.54, 1.807) is 23.1 Å². The molecular weight excluding hydrogens is 236 g/mol. The largest absolute Gasteiger partial charge is 0.379 e. The number of anilines is 1. The van der Waals surface area contributed by atoms with Gasteiger partial charge in [-0.25, -0.2) is 4.98 Å². The third-order valence-corrected chi connectivity index (χ3v) is 3.91. The molecule has 0 fully saturated rings. The van der Waals surface area contributed by atoms with Crippen molar-refractivity contribution >= 4 is 28.8 Å². The van der Waals surface area contributed by atoms with Crippen LogP contribution in [0, 0.1) is 6.92 Å². The van der Waals surface area contributed by atoms with E-state index in [4.69, 9.17) is 0 Å². The molecule has 2 nitrogen and oxygen atoms in total. The number of aromatic nitrogens is 1. The Bertz CT molecular complexity index is 448. The number of thiazole rings is 1. The lowest BCUT2D eigenvalue weighted by Gasteiger charge is -2.04. The van der Waals surface area contributed by atoms with E-state index < -0.39 is 0 Å².